The highest BCUT2D eigenvalue weighted by Crippen LogP contribution is 2.19. The number of benzene rings is 1. The molecule has 6 heteroatoms. The number of hydrogen-bond acceptors (Lipinski definition) is 3. The maximum Gasteiger partial charge on any atom is 0.222 e. The van der Waals surface area contributed by atoms with Crippen LogP contribution in [0.15, 0.2) is 22.7 Å². The first-order chi connectivity index (χ1) is 6.13. The molecule has 0 radical (unpaired) electrons. The molecule has 0 saturated heterocycles. The first-order valence-corrected chi connectivity index (χ1v) is 5.21. The Morgan fingerprint density at radius 1 is 1.46 bits per heavy atom. The Balaban J connectivity index is 3.15. The lowest BCUT2D eigenvalue weighted by Crippen LogP contribution is -1.97. The van der Waals surface area contributed by atoms with Gasteiger partial charge < -0.3 is 0 Å². The van der Waals surface area contributed by atoms with Crippen LogP contribution in [0.2, 0.25) is 0 Å². The van der Waals surface area contributed by atoms with Crippen LogP contribution in [-0.4, -0.2) is 8.42 Å². The molecule has 1 aromatic carbocycles. The minimum absolute atomic E-state index is 0.286. The SMILES string of the molecule is N#Cc1cc(Br)ccc1N[SH](=O)=O. The molecule has 0 aliphatic carbocycles. The molecular weight excluding hydrogens is 256 g/mol. The molecule has 0 unspecified atom stereocenters. The zero-order chi connectivity index (χ0) is 9.84. The van der Waals surface area contributed by atoms with Crippen LogP contribution in [0.4, 0.5) is 5.69 Å². The van der Waals surface area contributed by atoms with Crippen molar-refractivity contribution in [1.29, 1.82) is 5.26 Å². The van der Waals surface area contributed by atoms with Crippen LogP contribution >= 0.6 is 15.9 Å². The highest BCUT2D eigenvalue weighted by Gasteiger charge is 2.01. The van der Waals surface area contributed by atoms with E-state index in [1.165, 1.54) is 6.07 Å². The van der Waals surface area contributed by atoms with Crippen molar-refractivity contribution in [3.63, 3.8) is 0 Å². The van der Waals surface area contributed by atoms with Crippen LogP contribution in [0.3, 0.4) is 0 Å². The van der Waals surface area contributed by atoms with E-state index in [2.05, 4.69) is 20.7 Å². The number of rotatable bonds is 2. The van der Waals surface area contributed by atoms with Gasteiger partial charge >= 0.3 is 0 Å². The molecule has 0 aliphatic rings. The van der Waals surface area contributed by atoms with Gasteiger partial charge in [0, 0.05) is 4.47 Å². The van der Waals surface area contributed by atoms with Gasteiger partial charge in [0.15, 0.2) is 0 Å². The van der Waals surface area contributed by atoms with Gasteiger partial charge in [-0.25, -0.2) is 8.42 Å². The summed E-state index contributed by atoms with van der Waals surface area (Å²) < 4.78 is 23.5. The summed E-state index contributed by atoms with van der Waals surface area (Å²) in [5.41, 5.74) is 0.579. The van der Waals surface area contributed by atoms with Crippen molar-refractivity contribution in [3.05, 3.63) is 28.2 Å². The average molecular weight is 261 g/mol. The minimum atomic E-state index is -2.72. The number of halogens is 1. The molecule has 0 saturated carbocycles. The maximum absolute atomic E-state index is 10.3. The molecular formula is C7H5BrN2O2S. The summed E-state index contributed by atoms with van der Waals surface area (Å²) >= 11 is 3.17. The lowest BCUT2D eigenvalue weighted by Gasteiger charge is -2.01. The summed E-state index contributed by atoms with van der Waals surface area (Å²) in [5.74, 6) is 0. The van der Waals surface area contributed by atoms with E-state index >= 15 is 0 Å². The zero-order valence-corrected chi connectivity index (χ0v) is 8.80. The molecule has 0 atom stereocenters. The van der Waals surface area contributed by atoms with Crippen LogP contribution in [0, 0.1) is 11.3 Å². The van der Waals surface area contributed by atoms with Crippen molar-refractivity contribution in [3.8, 4) is 6.07 Å². The van der Waals surface area contributed by atoms with Crippen LogP contribution in [0.1, 0.15) is 5.56 Å². The van der Waals surface area contributed by atoms with Gasteiger partial charge in [-0.3, -0.25) is 4.72 Å². The van der Waals surface area contributed by atoms with Gasteiger partial charge in [0.25, 0.3) is 0 Å². The van der Waals surface area contributed by atoms with Crippen LogP contribution < -0.4 is 4.72 Å². The van der Waals surface area contributed by atoms with Gasteiger partial charge in [-0.1, -0.05) is 15.9 Å². The van der Waals surface area contributed by atoms with E-state index in [0.29, 0.717) is 5.69 Å². The Morgan fingerprint density at radius 2 is 2.15 bits per heavy atom. The second kappa shape index (κ2) is 4.25. The monoisotopic (exact) mass is 260 g/mol. The van der Waals surface area contributed by atoms with Crippen molar-refractivity contribution < 1.29 is 8.42 Å². The van der Waals surface area contributed by atoms with Gasteiger partial charge in [0.1, 0.15) is 6.07 Å². The summed E-state index contributed by atoms with van der Waals surface area (Å²) in [6.45, 7) is 0. The lowest BCUT2D eigenvalue weighted by atomic mass is 10.2. The molecule has 0 bridgehead atoms. The summed E-state index contributed by atoms with van der Waals surface area (Å²) in [4.78, 5) is 0. The Bertz CT molecular complexity index is 429. The average Bonchev–Trinajstić information content (AvgIpc) is 2.07. The highest BCUT2D eigenvalue weighted by molar-refractivity contribution is 9.10. The van der Waals surface area contributed by atoms with E-state index in [0.717, 1.165) is 4.47 Å². The summed E-state index contributed by atoms with van der Waals surface area (Å²) in [6.07, 6.45) is 0. The zero-order valence-electron chi connectivity index (χ0n) is 6.32. The number of thiol groups is 1. The van der Waals surface area contributed by atoms with E-state index in [1.54, 1.807) is 12.1 Å². The van der Waals surface area contributed by atoms with E-state index < -0.39 is 10.9 Å². The predicted molar refractivity (Wildman–Crippen MR) is 52.8 cm³/mol. The third kappa shape index (κ3) is 2.72. The summed E-state index contributed by atoms with van der Waals surface area (Å²) in [5, 5.41) is 8.65. The van der Waals surface area contributed by atoms with Gasteiger partial charge in [0.2, 0.25) is 10.9 Å². The van der Waals surface area contributed by atoms with Crippen LogP contribution in [0.25, 0.3) is 0 Å². The minimum Gasteiger partial charge on any atom is -0.284 e. The first-order valence-electron chi connectivity index (χ1n) is 3.24. The summed E-state index contributed by atoms with van der Waals surface area (Å²) in [7, 11) is -2.72. The second-order valence-corrected chi connectivity index (χ2v) is 3.82. The first kappa shape index (κ1) is 10.0. The Kier molecular flexibility index (Phi) is 3.28. The number of hydrogen-bond donors (Lipinski definition) is 2. The number of nitrogens with zero attached hydrogens (tertiary/aromatic N) is 1. The molecule has 1 aromatic rings. The van der Waals surface area contributed by atoms with Gasteiger partial charge in [-0.2, -0.15) is 5.26 Å². The molecule has 4 nitrogen and oxygen atoms in total. The molecule has 0 aliphatic heterocycles. The molecule has 0 amide bonds. The number of nitrogens with one attached hydrogen (secondary N) is 1. The molecule has 0 aromatic heterocycles. The lowest BCUT2D eigenvalue weighted by molar-refractivity contribution is 0.619. The predicted octanol–water partition coefficient (Wildman–Crippen LogP) is 1.26. The fourth-order valence-corrected chi connectivity index (χ4v) is 1.56. The van der Waals surface area contributed by atoms with E-state index in [4.69, 9.17) is 5.26 Å². The molecule has 0 spiro atoms. The number of nitriles is 1. The molecule has 68 valence electrons. The normalized spacial score (nSPS) is 9.62. The van der Waals surface area contributed by atoms with E-state index in [1.807, 2.05) is 6.07 Å². The molecule has 0 fully saturated rings. The second-order valence-electron chi connectivity index (χ2n) is 2.17. The molecule has 1 N–H and O–H groups in total. The third-order valence-electron chi connectivity index (χ3n) is 1.31. The van der Waals surface area contributed by atoms with E-state index in [9.17, 15) is 8.42 Å². The van der Waals surface area contributed by atoms with Crippen molar-refractivity contribution in [2.24, 2.45) is 0 Å². The topological polar surface area (TPSA) is 70.0 Å². The molecule has 0 heterocycles. The van der Waals surface area contributed by atoms with Crippen LogP contribution in [-0.2, 0) is 10.9 Å². The van der Waals surface area contributed by atoms with Gasteiger partial charge in [-0.15, -0.1) is 0 Å². The van der Waals surface area contributed by atoms with Crippen LogP contribution in [0.5, 0.6) is 0 Å². The Hall–Kier alpha value is -1.06. The quantitative estimate of drug-likeness (QED) is 0.787. The standard InChI is InChI=1S/C7H5BrN2O2S/c8-6-1-2-7(10-13(11)12)5(3-6)4-9/h1-3,13H,(H,10,11,12). The third-order valence-corrected chi connectivity index (χ3v) is 2.23. The fourth-order valence-electron chi connectivity index (χ4n) is 0.805. The van der Waals surface area contributed by atoms with Gasteiger partial charge in [0.05, 0.1) is 11.3 Å². The van der Waals surface area contributed by atoms with Gasteiger partial charge in [-0.05, 0) is 18.2 Å². The maximum atomic E-state index is 10.3. The van der Waals surface area contributed by atoms with Crippen molar-refractivity contribution >= 4 is 32.5 Å². The number of anilines is 1. The van der Waals surface area contributed by atoms with Crippen molar-refractivity contribution in [2.45, 2.75) is 0 Å². The van der Waals surface area contributed by atoms with Crippen molar-refractivity contribution in [1.82, 2.24) is 0 Å². The summed E-state index contributed by atoms with van der Waals surface area (Å²) in [6, 6.07) is 6.60. The molecule has 13 heavy (non-hydrogen) atoms. The van der Waals surface area contributed by atoms with Crippen molar-refractivity contribution in [2.75, 3.05) is 4.72 Å². The largest absolute Gasteiger partial charge is 0.284 e. The fraction of sp³-hybridized carbons (Fsp3) is 0. The Labute approximate surface area is 85.4 Å². The Morgan fingerprint density at radius 3 is 2.69 bits per heavy atom. The molecule has 1 rings (SSSR count). The smallest absolute Gasteiger partial charge is 0.222 e. The van der Waals surface area contributed by atoms with E-state index in [-0.39, 0.29) is 5.56 Å². The highest BCUT2D eigenvalue weighted by atomic mass is 79.9.